The molecule has 0 saturated heterocycles. The minimum atomic E-state index is -0.720. The maximum absolute atomic E-state index is 16.4. The number of carbonyl (C=O) groups excluding carboxylic acids is 4. The summed E-state index contributed by atoms with van der Waals surface area (Å²) < 4.78 is 32.7. The van der Waals surface area contributed by atoms with Crippen LogP contribution in [0, 0.1) is 11.6 Å². The van der Waals surface area contributed by atoms with Crippen molar-refractivity contribution in [3.8, 4) is 0 Å². The molecule has 48 heavy (non-hydrogen) atoms. The van der Waals surface area contributed by atoms with Crippen LogP contribution >= 0.6 is 0 Å². The number of rotatable bonds is 14. The van der Waals surface area contributed by atoms with Crippen LogP contribution in [0.1, 0.15) is 132 Å². The number of benzene rings is 5. The summed E-state index contributed by atoms with van der Waals surface area (Å²) in [5, 5.41) is 2.17. The topological polar surface area (TPSA) is 74.8 Å². The van der Waals surface area contributed by atoms with Crippen molar-refractivity contribution < 1.29 is 28.0 Å². The normalized spacial score (nSPS) is 14.7. The number of hydrogen-bond donors (Lipinski definition) is 0. The van der Waals surface area contributed by atoms with Gasteiger partial charge >= 0.3 is 0 Å². The molecule has 5 aromatic rings. The van der Waals surface area contributed by atoms with E-state index >= 15 is 8.78 Å². The van der Waals surface area contributed by atoms with Crippen molar-refractivity contribution in [2.45, 2.75) is 90.9 Å². The van der Waals surface area contributed by atoms with Gasteiger partial charge in [-0.3, -0.25) is 29.0 Å². The fourth-order valence-corrected chi connectivity index (χ4v) is 7.98. The molecule has 8 heteroatoms. The predicted octanol–water partition coefficient (Wildman–Crippen LogP) is 9.93. The van der Waals surface area contributed by atoms with Crippen LogP contribution in [-0.4, -0.2) is 46.5 Å². The van der Waals surface area contributed by atoms with Gasteiger partial charge < -0.3 is 0 Å². The van der Waals surface area contributed by atoms with E-state index < -0.39 is 35.3 Å². The van der Waals surface area contributed by atoms with Gasteiger partial charge in [-0.15, -0.1) is 0 Å². The largest absolute Gasteiger partial charge is 0.274 e. The first-order valence-corrected chi connectivity index (χ1v) is 17.6. The molecule has 0 bridgehead atoms. The van der Waals surface area contributed by atoms with Gasteiger partial charge in [-0.25, -0.2) is 8.78 Å². The van der Waals surface area contributed by atoms with Crippen molar-refractivity contribution in [3.63, 3.8) is 0 Å². The Morgan fingerprint density at radius 3 is 1.25 bits per heavy atom. The highest BCUT2D eigenvalue weighted by molar-refractivity contribution is 6.41. The van der Waals surface area contributed by atoms with Gasteiger partial charge in [0.15, 0.2) is 0 Å². The van der Waals surface area contributed by atoms with Gasteiger partial charge in [0, 0.05) is 51.1 Å². The van der Waals surface area contributed by atoms with E-state index in [1.807, 2.05) is 0 Å². The Balaban J connectivity index is 1.33. The zero-order valence-corrected chi connectivity index (χ0v) is 27.6. The van der Waals surface area contributed by atoms with Crippen LogP contribution in [-0.2, 0) is 0 Å². The van der Waals surface area contributed by atoms with Crippen LogP contribution in [0.5, 0.6) is 0 Å². The molecular weight excluding hydrogens is 610 g/mol. The number of unbranched alkanes of at least 4 members (excludes halogenated alkanes) is 10. The van der Waals surface area contributed by atoms with Crippen LogP contribution in [0.25, 0.3) is 43.1 Å². The van der Waals surface area contributed by atoms with Gasteiger partial charge in [0.05, 0.1) is 11.1 Å². The number of halogens is 2. The summed E-state index contributed by atoms with van der Waals surface area (Å²) in [6.45, 7) is 4.78. The smallest absolute Gasteiger partial charge is 0.261 e. The number of nitrogens with zero attached hydrogens (tertiary/aromatic N) is 2. The van der Waals surface area contributed by atoms with E-state index in [2.05, 4.69) is 13.8 Å². The van der Waals surface area contributed by atoms with Crippen LogP contribution in [0.4, 0.5) is 8.78 Å². The fraction of sp³-hybridized carbons (Fsp3) is 0.400. The van der Waals surface area contributed by atoms with Crippen LogP contribution < -0.4 is 0 Å². The molecule has 4 amide bonds. The Morgan fingerprint density at radius 1 is 0.438 bits per heavy atom. The molecule has 7 rings (SSSR count). The lowest BCUT2D eigenvalue weighted by atomic mass is 9.81. The maximum Gasteiger partial charge on any atom is 0.261 e. The van der Waals surface area contributed by atoms with Gasteiger partial charge in [0.1, 0.15) is 11.6 Å². The third kappa shape index (κ3) is 4.94. The molecule has 0 aromatic heterocycles. The summed E-state index contributed by atoms with van der Waals surface area (Å²) in [7, 11) is 0. The Bertz CT molecular complexity index is 2010. The Labute approximate surface area is 278 Å². The standard InChI is InChI=1S/C40H40F2N2O4/c1-3-5-7-9-11-13-19-43-37(45)25-17-15-23-31-24(16-18-26(32(25)31)38(43)46)35-30(42)22-28-33-27(21-29(41)34(23)36(33)35)39(47)44(40(28)48)20-14-12-10-8-6-4-2/h15-18,21-22H,3-14,19-20H2,1-2H3. The number of amides is 4. The van der Waals surface area contributed by atoms with Crippen molar-refractivity contribution in [2.75, 3.05) is 13.1 Å². The van der Waals surface area contributed by atoms with E-state index in [1.54, 1.807) is 24.3 Å². The summed E-state index contributed by atoms with van der Waals surface area (Å²) in [5.74, 6) is -3.43. The van der Waals surface area contributed by atoms with Crippen molar-refractivity contribution in [1.82, 2.24) is 9.80 Å². The highest BCUT2D eigenvalue weighted by Crippen LogP contribution is 2.48. The highest BCUT2D eigenvalue weighted by Gasteiger charge is 2.38. The molecule has 0 N–H and O–H groups in total. The van der Waals surface area contributed by atoms with Crippen molar-refractivity contribution in [3.05, 3.63) is 70.3 Å². The number of fused-ring (bicyclic) bond motifs is 2. The third-order valence-corrected chi connectivity index (χ3v) is 10.4. The lowest BCUT2D eigenvalue weighted by Gasteiger charge is -2.30. The molecule has 2 aliphatic heterocycles. The van der Waals surface area contributed by atoms with Crippen molar-refractivity contribution in [1.29, 1.82) is 0 Å². The summed E-state index contributed by atoms with van der Waals surface area (Å²) in [6.07, 6.45) is 11.9. The Morgan fingerprint density at radius 2 is 0.812 bits per heavy atom. The molecule has 248 valence electrons. The van der Waals surface area contributed by atoms with Gasteiger partial charge in [-0.05, 0) is 53.3 Å². The van der Waals surface area contributed by atoms with Gasteiger partial charge in [-0.2, -0.15) is 0 Å². The van der Waals surface area contributed by atoms with E-state index in [9.17, 15) is 19.2 Å². The molecule has 2 aliphatic rings. The Hall–Kier alpha value is -4.46. The van der Waals surface area contributed by atoms with Crippen molar-refractivity contribution in [2.24, 2.45) is 0 Å². The number of hydrogen-bond acceptors (Lipinski definition) is 4. The van der Waals surface area contributed by atoms with Crippen LogP contribution in [0.2, 0.25) is 0 Å². The lowest BCUT2D eigenvalue weighted by Crippen LogP contribution is -2.41. The monoisotopic (exact) mass is 650 g/mol. The quantitative estimate of drug-likeness (QED) is 0.0519. The summed E-state index contributed by atoms with van der Waals surface area (Å²) in [4.78, 5) is 57.3. The van der Waals surface area contributed by atoms with Crippen molar-refractivity contribution >= 4 is 66.7 Å². The molecule has 0 fully saturated rings. The molecule has 0 spiro atoms. The molecule has 0 atom stereocenters. The fourth-order valence-electron chi connectivity index (χ4n) is 7.98. The number of carbonyl (C=O) groups is 4. The highest BCUT2D eigenvalue weighted by atomic mass is 19.1. The molecule has 0 unspecified atom stereocenters. The maximum atomic E-state index is 16.4. The summed E-state index contributed by atoms with van der Waals surface area (Å²) in [6, 6.07) is 8.83. The second-order valence-electron chi connectivity index (χ2n) is 13.4. The van der Waals surface area contributed by atoms with E-state index in [0.717, 1.165) is 81.2 Å². The minimum absolute atomic E-state index is 0.0397. The van der Waals surface area contributed by atoms with Crippen LogP contribution in [0.3, 0.4) is 0 Å². The second kappa shape index (κ2) is 12.9. The first kappa shape index (κ1) is 32.1. The van der Waals surface area contributed by atoms with Gasteiger partial charge in [-0.1, -0.05) is 90.2 Å². The SMILES string of the molecule is CCCCCCCCN1C(=O)c2ccc3c4c(F)cc5c6c(cc(F)c(c7ccc(c2c37)C1=O)c64)C(=O)N(CCCCCCCC)C5=O. The zero-order chi connectivity index (χ0) is 33.7. The molecule has 5 aromatic carbocycles. The first-order valence-electron chi connectivity index (χ1n) is 17.6. The van der Waals surface area contributed by atoms with Crippen LogP contribution in [0.15, 0.2) is 36.4 Å². The van der Waals surface area contributed by atoms with Gasteiger partial charge in [0.2, 0.25) is 0 Å². The Kier molecular flexibility index (Phi) is 8.60. The minimum Gasteiger partial charge on any atom is -0.274 e. The third-order valence-electron chi connectivity index (χ3n) is 10.4. The molecule has 0 saturated carbocycles. The average molecular weight is 651 g/mol. The van der Waals surface area contributed by atoms with E-state index in [4.69, 9.17) is 0 Å². The second-order valence-corrected chi connectivity index (χ2v) is 13.4. The molecule has 0 radical (unpaired) electrons. The van der Waals surface area contributed by atoms with E-state index in [1.165, 1.54) is 4.90 Å². The van der Waals surface area contributed by atoms with E-state index in [0.29, 0.717) is 52.1 Å². The average Bonchev–Trinajstić information content (AvgIpc) is 3.08. The zero-order valence-electron chi connectivity index (χ0n) is 27.6. The lowest BCUT2D eigenvalue weighted by molar-refractivity contribution is 0.0592. The first-order chi connectivity index (χ1) is 23.3. The number of imide groups is 2. The summed E-state index contributed by atoms with van der Waals surface area (Å²) >= 11 is 0. The predicted molar refractivity (Wildman–Crippen MR) is 185 cm³/mol. The van der Waals surface area contributed by atoms with Gasteiger partial charge in [0.25, 0.3) is 23.6 Å². The molecule has 2 heterocycles. The molecule has 0 aliphatic carbocycles. The molecule has 6 nitrogen and oxygen atoms in total. The summed E-state index contributed by atoms with van der Waals surface area (Å²) in [5.41, 5.74) is 0.721. The molecular formula is C40H40F2N2O4. The van der Waals surface area contributed by atoms with E-state index in [-0.39, 0.29) is 39.2 Å².